The average Bonchev–Trinajstić information content (AvgIpc) is 3.04. The Kier molecular flexibility index (Phi) is 4.88. The molecule has 2 aromatic rings. The number of oxazole rings is 1. The number of hydrogen-bond acceptors (Lipinski definition) is 5. The third kappa shape index (κ3) is 3.69. The largest absolute Gasteiger partial charge is 0.441 e. The van der Waals surface area contributed by atoms with Crippen molar-refractivity contribution in [1.29, 1.82) is 0 Å². The van der Waals surface area contributed by atoms with Crippen molar-refractivity contribution >= 4 is 17.5 Å². The van der Waals surface area contributed by atoms with Crippen molar-refractivity contribution in [2.45, 2.75) is 26.3 Å². The van der Waals surface area contributed by atoms with E-state index in [1.54, 1.807) is 0 Å². The van der Waals surface area contributed by atoms with E-state index in [-0.39, 0.29) is 5.92 Å². The number of halogens is 1. The number of rotatable bonds is 4. The summed E-state index contributed by atoms with van der Waals surface area (Å²) >= 11 is 5.97. The van der Waals surface area contributed by atoms with Gasteiger partial charge in [-0.2, -0.15) is 0 Å². The van der Waals surface area contributed by atoms with Crippen molar-refractivity contribution in [1.82, 2.24) is 20.1 Å². The first-order valence-electron chi connectivity index (χ1n) is 10.5. The fourth-order valence-electron chi connectivity index (χ4n) is 5.08. The fraction of sp³-hybridized carbons (Fsp3) is 0.545. The molecule has 2 saturated heterocycles. The van der Waals surface area contributed by atoms with E-state index in [2.05, 4.69) is 10.2 Å². The third-order valence-corrected chi connectivity index (χ3v) is 6.86. The molecule has 154 valence electrons. The van der Waals surface area contributed by atoms with Crippen molar-refractivity contribution in [2.75, 3.05) is 39.3 Å². The van der Waals surface area contributed by atoms with Gasteiger partial charge in [0.25, 0.3) is 0 Å². The van der Waals surface area contributed by atoms with Gasteiger partial charge in [-0.15, -0.1) is 0 Å². The van der Waals surface area contributed by atoms with Crippen LogP contribution in [0.1, 0.15) is 24.3 Å². The van der Waals surface area contributed by atoms with Gasteiger partial charge in [0.15, 0.2) is 0 Å². The maximum Gasteiger partial charge on any atom is 0.226 e. The van der Waals surface area contributed by atoms with Crippen LogP contribution >= 0.6 is 11.6 Å². The molecule has 1 amide bonds. The summed E-state index contributed by atoms with van der Waals surface area (Å²) in [5.41, 5.74) is 2.29. The molecule has 1 aliphatic carbocycles. The number of benzene rings is 1. The number of carbonyl (C=O) groups is 1. The highest BCUT2D eigenvalue weighted by molar-refractivity contribution is 6.30. The molecule has 1 aromatic heterocycles. The summed E-state index contributed by atoms with van der Waals surface area (Å²) in [4.78, 5) is 21.8. The number of likely N-dealkylation sites (tertiary alicyclic amines) is 1. The van der Waals surface area contributed by atoms with Gasteiger partial charge in [-0.3, -0.25) is 9.69 Å². The van der Waals surface area contributed by atoms with Gasteiger partial charge in [-0.25, -0.2) is 4.98 Å². The first-order valence-corrected chi connectivity index (χ1v) is 10.8. The predicted octanol–water partition coefficient (Wildman–Crippen LogP) is 2.95. The van der Waals surface area contributed by atoms with Crippen molar-refractivity contribution < 1.29 is 9.21 Å². The van der Waals surface area contributed by atoms with Crippen LogP contribution in [0.3, 0.4) is 0 Å². The van der Waals surface area contributed by atoms with Crippen LogP contribution in [0.4, 0.5) is 0 Å². The average molecular weight is 415 g/mol. The highest BCUT2D eigenvalue weighted by Crippen LogP contribution is 2.52. The van der Waals surface area contributed by atoms with Gasteiger partial charge in [0.2, 0.25) is 11.8 Å². The highest BCUT2D eigenvalue weighted by atomic mass is 35.5. The second-order valence-electron chi connectivity index (χ2n) is 8.85. The third-order valence-electron chi connectivity index (χ3n) is 6.61. The van der Waals surface area contributed by atoms with Crippen LogP contribution in [0.25, 0.3) is 11.5 Å². The minimum absolute atomic E-state index is 0.237. The quantitative estimate of drug-likeness (QED) is 0.833. The zero-order valence-electron chi connectivity index (χ0n) is 16.8. The molecule has 1 spiro atoms. The number of amides is 1. The number of piperazine rings is 1. The molecule has 3 fully saturated rings. The molecule has 3 heterocycles. The fourth-order valence-corrected chi connectivity index (χ4v) is 5.20. The molecular weight excluding hydrogens is 388 g/mol. The molecule has 1 saturated carbocycles. The number of hydrogen-bond donors (Lipinski definition) is 1. The highest BCUT2D eigenvalue weighted by Gasteiger charge is 2.54. The lowest BCUT2D eigenvalue weighted by Gasteiger charge is -2.59. The summed E-state index contributed by atoms with van der Waals surface area (Å²) in [6.45, 7) is 8.45. The number of nitrogens with one attached hydrogen (secondary N) is 1. The van der Waals surface area contributed by atoms with Crippen molar-refractivity contribution in [3.8, 4) is 11.5 Å². The van der Waals surface area contributed by atoms with E-state index in [1.807, 2.05) is 36.1 Å². The minimum Gasteiger partial charge on any atom is -0.441 e. The standard InChI is InChI=1S/C22H27ClN4O2/c1-15-19(25-20(29-15)16-2-4-18(23)5-3-16)12-26-13-22(14-26)10-17(11-22)21(28)27-8-6-24-7-9-27/h2-5,17,24H,6-14H2,1H3. The summed E-state index contributed by atoms with van der Waals surface area (Å²) in [7, 11) is 0. The van der Waals surface area contributed by atoms with Gasteiger partial charge < -0.3 is 14.6 Å². The van der Waals surface area contributed by atoms with Crippen LogP contribution in [0.5, 0.6) is 0 Å². The van der Waals surface area contributed by atoms with Gasteiger partial charge in [-0.1, -0.05) is 11.6 Å². The second kappa shape index (κ2) is 7.42. The lowest BCUT2D eigenvalue weighted by Crippen LogP contribution is -2.64. The van der Waals surface area contributed by atoms with Gasteiger partial charge in [-0.05, 0) is 49.4 Å². The topological polar surface area (TPSA) is 61.6 Å². The molecule has 29 heavy (non-hydrogen) atoms. The van der Waals surface area contributed by atoms with Gasteiger partial charge in [0.05, 0.1) is 5.69 Å². The molecule has 7 heteroatoms. The van der Waals surface area contributed by atoms with Crippen LogP contribution in [-0.4, -0.2) is 60.0 Å². The number of aromatic nitrogens is 1. The minimum atomic E-state index is 0.237. The van der Waals surface area contributed by atoms with E-state index in [4.69, 9.17) is 21.0 Å². The lowest BCUT2D eigenvalue weighted by molar-refractivity contribution is -0.155. The summed E-state index contributed by atoms with van der Waals surface area (Å²) in [5.74, 6) is 2.13. The van der Waals surface area contributed by atoms with Crippen molar-refractivity contribution in [3.05, 3.63) is 40.7 Å². The molecule has 1 N–H and O–H groups in total. The molecule has 0 bridgehead atoms. The van der Waals surface area contributed by atoms with Crippen molar-refractivity contribution in [3.63, 3.8) is 0 Å². The molecule has 3 aliphatic rings. The van der Waals surface area contributed by atoms with Gasteiger partial charge >= 0.3 is 0 Å². The van der Waals surface area contributed by atoms with Crippen LogP contribution in [0, 0.1) is 18.3 Å². The van der Waals surface area contributed by atoms with Crippen LogP contribution in [-0.2, 0) is 11.3 Å². The zero-order valence-corrected chi connectivity index (χ0v) is 17.5. The Morgan fingerprint density at radius 1 is 1.24 bits per heavy atom. The van der Waals surface area contributed by atoms with Gasteiger partial charge in [0.1, 0.15) is 5.76 Å². The number of aryl methyl sites for hydroxylation is 1. The molecule has 0 unspecified atom stereocenters. The lowest BCUT2D eigenvalue weighted by atomic mass is 9.57. The predicted molar refractivity (Wildman–Crippen MR) is 112 cm³/mol. The van der Waals surface area contributed by atoms with Crippen LogP contribution < -0.4 is 5.32 Å². The Morgan fingerprint density at radius 3 is 2.62 bits per heavy atom. The zero-order chi connectivity index (χ0) is 20.0. The molecule has 2 aliphatic heterocycles. The van der Waals surface area contributed by atoms with Crippen LogP contribution in [0.2, 0.25) is 5.02 Å². The maximum absolute atomic E-state index is 12.6. The summed E-state index contributed by atoms with van der Waals surface area (Å²) < 4.78 is 5.88. The molecule has 5 rings (SSSR count). The molecule has 0 radical (unpaired) electrons. The molecule has 6 nitrogen and oxygen atoms in total. The van der Waals surface area contributed by atoms with E-state index in [0.29, 0.717) is 22.2 Å². The summed E-state index contributed by atoms with van der Waals surface area (Å²) in [6, 6.07) is 7.56. The van der Waals surface area contributed by atoms with E-state index in [9.17, 15) is 4.79 Å². The van der Waals surface area contributed by atoms with E-state index < -0.39 is 0 Å². The van der Waals surface area contributed by atoms with Gasteiger partial charge in [0, 0.05) is 62.3 Å². The Hall–Kier alpha value is -1.89. The normalized spacial score (nSPS) is 21.8. The number of carbonyl (C=O) groups excluding carboxylic acids is 1. The van der Waals surface area contributed by atoms with Crippen LogP contribution in [0.15, 0.2) is 28.7 Å². The number of nitrogens with zero attached hydrogens (tertiary/aromatic N) is 3. The van der Waals surface area contributed by atoms with Crippen molar-refractivity contribution in [2.24, 2.45) is 11.3 Å². The molecular formula is C22H27ClN4O2. The molecule has 0 atom stereocenters. The Morgan fingerprint density at radius 2 is 1.93 bits per heavy atom. The Bertz CT molecular complexity index is 890. The first kappa shape index (κ1) is 19.1. The summed E-state index contributed by atoms with van der Waals surface area (Å²) in [6.07, 6.45) is 2.08. The smallest absolute Gasteiger partial charge is 0.226 e. The van der Waals surface area contributed by atoms with E-state index in [1.165, 1.54) is 0 Å². The maximum atomic E-state index is 12.6. The summed E-state index contributed by atoms with van der Waals surface area (Å²) in [5, 5.41) is 4.02. The monoisotopic (exact) mass is 414 g/mol. The van der Waals surface area contributed by atoms with E-state index >= 15 is 0 Å². The Labute approximate surface area is 176 Å². The molecule has 1 aromatic carbocycles. The first-order chi connectivity index (χ1) is 14.0. The SMILES string of the molecule is Cc1oc(-c2ccc(Cl)cc2)nc1CN1CC2(CC(C(=O)N3CCNCC3)C2)C1. The second-order valence-corrected chi connectivity index (χ2v) is 9.29. The van der Waals surface area contributed by atoms with E-state index in [0.717, 1.165) is 75.7 Å². The Balaban J connectivity index is 1.14.